The number of likely N-dealkylation sites (tertiary alicyclic amines) is 1. The normalized spacial score (nSPS) is 18.1. The quantitative estimate of drug-likeness (QED) is 0.689. The Morgan fingerprint density at radius 3 is 2.28 bits per heavy atom. The second kappa shape index (κ2) is 9.17. The van der Waals surface area contributed by atoms with E-state index in [0.29, 0.717) is 31.6 Å². The van der Waals surface area contributed by atoms with Crippen LogP contribution in [-0.2, 0) is 25.4 Å². The number of hydrogen-bond donors (Lipinski definition) is 2. The van der Waals surface area contributed by atoms with Crippen molar-refractivity contribution in [1.29, 1.82) is 0 Å². The maximum Gasteiger partial charge on any atom is 0.332 e. The lowest BCUT2D eigenvalue weighted by Gasteiger charge is -2.33. The van der Waals surface area contributed by atoms with Crippen LogP contribution in [0.5, 0.6) is 0 Å². The number of nitrogens with one attached hydrogen (secondary N) is 2. The van der Waals surface area contributed by atoms with E-state index in [-0.39, 0.29) is 36.1 Å². The van der Waals surface area contributed by atoms with Crippen LogP contribution in [-0.4, -0.2) is 60.7 Å². The highest BCUT2D eigenvalue weighted by atomic mass is 16.2. The minimum atomic E-state index is -0.564. The number of nitrogens with zero attached hydrogens (tertiary/aromatic N) is 5. The summed E-state index contributed by atoms with van der Waals surface area (Å²) in [6.45, 7) is 0.624. The first-order chi connectivity index (χ1) is 15.3. The molecule has 2 fully saturated rings. The van der Waals surface area contributed by atoms with E-state index in [2.05, 4.69) is 15.6 Å². The van der Waals surface area contributed by atoms with Crippen LogP contribution in [0.1, 0.15) is 44.9 Å². The van der Waals surface area contributed by atoms with E-state index in [0.717, 1.165) is 30.3 Å². The number of carbonyl (C=O) groups is 2. The van der Waals surface area contributed by atoms with Crippen molar-refractivity contribution in [2.75, 3.05) is 13.1 Å². The molecule has 0 radical (unpaired) electrons. The molecule has 174 valence electrons. The number of carbonyl (C=O) groups excluding carboxylic acids is 2. The van der Waals surface area contributed by atoms with E-state index >= 15 is 0 Å². The Morgan fingerprint density at radius 1 is 1.00 bits per heavy atom. The Labute approximate surface area is 185 Å². The van der Waals surface area contributed by atoms with Crippen LogP contribution >= 0.6 is 0 Å². The van der Waals surface area contributed by atoms with Gasteiger partial charge in [-0.3, -0.25) is 14.2 Å². The van der Waals surface area contributed by atoms with Gasteiger partial charge in [0, 0.05) is 39.3 Å². The smallest absolute Gasteiger partial charge is 0.332 e. The first-order valence-electron chi connectivity index (χ1n) is 11.3. The third kappa shape index (κ3) is 4.42. The average molecular weight is 446 g/mol. The number of aryl methyl sites for hydroxylation is 2. The largest absolute Gasteiger partial charge is 0.341 e. The lowest BCUT2D eigenvalue weighted by Crippen LogP contribution is -2.52. The highest BCUT2D eigenvalue weighted by Gasteiger charge is 2.26. The van der Waals surface area contributed by atoms with Crippen molar-refractivity contribution < 1.29 is 9.59 Å². The summed E-state index contributed by atoms with van der Waals surface area (Å²) in [7, 11) is 3.21. The predicted octanol–water partition coefficient (Wildman–Crippen LogP) is 0.0566. The highest BCUT2D eigenvalue weighted by molar-refractivity contribution is 5.77. The molecule has 1 saturated carbocycles. The summed E-state index contributed by atoms with van der Waals surface area (Å²) in [6, 6.07) is 0.119. The van der Waals surface area contributed by atoms with Crippen LogP contribution in [0.4, 0.5) is 4.79 Å². The number of aromatic nitrogens is 4. The van der Waals surface area contributed by atoms with Gasteiger partial charge in [-0.25, -0.2) is 19.1 Å². The first kappa shape index (κ1) is 22.1. The van der Waals surface area contributed by atoms with Gasteiger partial charge in [-0.15, -0.1) is 0 Å². The van der Waals surface area contributed by atoms with E-state index in [9.17, 15) is 19.2 Å². The zero-order chi connectivity index (χ0) is 22.8. The molecular weight excluding hydrogens is 414 g/mol. The second-order valence-corrected chi connectivity index (χ2v) is 8.87. The second-order valence-electron chi connectivity index (χ2n) is 8.87. The molecule has 0 bridgehead atoms. The number of rotatable bonds is 4. The zero-order valence-electron chi connectivity index (χ0n) is 18.7. The predicted molar refractivity (Wildman–Crippen MR) is 118 cm³/mol. The summed E-state index contributed by atoms with van der Waals surface area (Å²) in [4.78, 5) is 56.3. The van der Waals surface area contributed by atoms with Crippen molar-refractivity contribution in [2.45, 2.75) is 63.6 Å². The summed E-state index contributed by atoms with van der Waals surface area (Å²) in [5.74, 6) is -0.282. The number of amides is 3. The zero-order valence-corrected chi connectivity index (χ0v) is 18.7. The van der Waals surface area contributed by atoms with Crippen molar-refractivity contribution in [3.05, 3.63) is 27.2 Å². The molecule has 2 aromatic heterocycles. The van der Waals surface area contributed by atoms with Crippen molar-refractivity contribution in [3.8, 4) is 0 Å². The van der Waals surface area contributed by atoms with Gasteiger partial charge in [0.2, 0.25) is 5.91 Å². The van der Waals surface area contributed by atoms with E-state index in [1.54, 1.807) is 16.5 Å². The number of imidazole rings is 1. The van der Waals surface area contributed by atoms with Crippen LogP contribution in [0.25, 0.3) is 11.2 Å². The Morgan fingerprint density at radius 2 is 1.62 bits per heavy atom. The molecule has 32 heavy (non-hydrogen) atoms. The van der Waals surface area contributed by atoms with Crippen molar-refractivity contribution in [1.82, 2.24) is 34.2 Å². The van der Waals surface area contributed by atoms with Gasteiger partial charge >= 0.3 is 11.7 Å². The lowest BCUT2D eigenvalue weighted by atomic mass is 9.96. The SMILES string of the molecule is Cn1cnc2c1c(=O)n(CC(=O)N1CCC(NC(=O)NC3CCCCC3)CC1)c(=O)n2C. The Bertz CT molecular complexity index is 1120. The molecule has 2 N–H and O–H groups in total. The van der Waals surface area contributed by atoms with E-state index in [4.69, 9.17) is 0 Å². The molecule has 0 atom stereocenters. The first-order valence-corrected chi connectivity index (χ1v) is 11.3. The van der Waals surface area contributed by atoms with Crippen LogP contribution in [0.15, 0.2) is 15.9 Å². The molecule has 0 spiro atoms. The average Bonchev–Trinajstić information content (AvgIpc) is 3.18. The van der Waals surface area contributed by atoms with Gasteiger partial charge in [0.1, 0.15) is 6.54 Å². The standard InChI is InChI=1S/C21H31N7O4/c1-25-13-22-18-17(25)19(30)28(21(32)26(18)2)12-16(29)27-10-8-15(9-11-27)24-20(31)23-14-6-4-3-5-7-14/h13-15H,3-12H2,1-2H3,(H2,23,24,31). The molecule has 1 aliphatic heterocycles. The number of fused-ring (bicyclic) bond motifs is 1. The molecule has 2 aromatic rings. The van der Waals surface area contributed by atoms with E-state index < -0.39 is 11.2 Å². The molecule has 3 heterocycles. The molecule has 4 rings (SSSR count). The molecule has 11 heteroatoms. The number of hydrogen-bond acceptors (Lipinski definition) is 5. The summed E-state index contributed by atoms with van der Waals surface area (Å²) in [5, 5.41) is 6.07. The monoisotopic (exact) mass is 445 g/mol. The third-order valence-corrected chi connectivity index (χ3v) is 6.62. The number of urea groups is 1. The number of piperidine rings is 1. The van der Waals surface area contributed by atoms with Crippen LogP contribution in [0.2, 0.25) is 0 Å². The maximum absolute atomic E-state index is 12.8. The minimum Gasteiger partial charge on any atom is -0.341 e. The fourth-order valence-electron chi connectivity index (χ4n) is 4.70. The molecular formula is C21H31N7O4. The Balaban J connectivity index is 1.34. The molecule has 0 aromatic carbocycles. The lowest BCUT2D eigenvalue weighted by molar-refractivity contribution is -0.133. The fraction of sp³-hybridized carbons (Fsp3) is 0.667. The van der Waals surface area contributed by atoms with Gasteiger partial charge in [-0.2, -0.15) is 0 Å². The van der Waals surface area contributed by atoms with Gasteiger partial charge in [0.05, 0.1) is 6.33 Å². The molecule has 1 saturated heterocycles. The van der Waals surface area contributed by atoms with Crippen LogP contribution in [0, 0.1) is 0 Å². The summed E-state index contributed by atoms with van der Waals surface area (Å²) < 4.78 is 3.80. The molecule has 11 nitrogen and oxygen atoms in total. The Hall–Kier alpha value is -3.11. The van der Waals surface area contributed by atoms with Crippen LogP contribution < -0.4 is 21.9 Å². The summed E-state index contributed by atoms with van der Waals surface area (Å²) in [6.07, 6.45) is 8.36. The van der Waals surface area contributed by atoms with Crippen LogP contribution in [0.3, 0.4) is 0 Å². The highest BCUT2D eigenvalue weighted by Crippen LogP contribution is 2.17. The molecule has 0 unspecified atom stereocenters. The van der Waals surface area contributed by atoms with Crippen molar-refractivity contribution in [2.24, 2.45) is 14.1 Å². The van der Waals surface area contributed by atoms with Crippen molar-refractivity contribution >= 4 is 23.1 Å². The van der Waals surface area contributed by atoms with Gasteiger partial charge in [0.15, 0.2) is 11.2 Å². The van der Waals surface area contributed by atoms with Gasteiger partial charge in [-0.1, -0.05) is 19.3 Å². The van der Waals surface area contributed by atoms with Gasteiger partial charge < -0.3 is 20.1 Å². The van der Waals surface area contributed by atoms with E-state index in [1.807, 2.05) is 0 Å². The molecule has 2 aliphatic rings. The van der Waals surface area contributed by atoms with Crippen molar-refractivity contribution in [3.63, 3.8) is 0 Å². The minimum absolute atomic E-state index is 0.00373. The van der Waals surface area contributed by atoms with Gasteiger partial charge in [0.25, 0.3) is 5.56 Å². The maximum atomic E-state index is 12.8. The molecule has 3 amide bonds. The molecule has 1 aliphatic carbocycles. The Kier molecular flexibility index (Phi) is 6.33. The topological polar surface area (TPSA) is 123 Å². The van der Waals surface area contributed by atoms with Gasteiger partial charge in [-0.05, 0) is 25.7 Å². The third-order valence-electron chi connectivity index (χ3n) is 6.62. The fourth-order valence-corrected chi connectivity index (χ4v) is 4.70. The summed E-state index contributed by atoms with van der Waals surface area (Å²) in [5.41, 5.74) is -0.505. The summed E-state index contributed by atoms with van der Waals surface area (Å²) >= 11 is 0. The van der Waals surface area contributed by atoms with E-state index in [1.165, 1.54) is 24.4 Å².